The van der Waals surface area contributed by atoms with Crippen molar-refractivity contribution in [3.63, 3.8) is 0 Å². The Balaban J connectivity index is 1.43. The summed E-state index contributed by atoms with van der Waals surface area (Å²) in [5, 5.41) is 15.6. The van der Waals surface area contributed by atoms with E-state index < -0.39 is 77.6 Å². The number of carbonyl (C=O) groups is 4. The number of carboxylic acids is 1. The molecule has 1 aliphatic heterocycles. The predicted octanol–water partition coefficient (Wildman–Crippen LogP) is 3.25. The molecule has 228 valence electrons. The minimum atomic E-state index is -1.91. The summed E-state index contributed by atoms with van der Waals surface area (Å²) in [5.74, 6) is -13.9. The highest BCUT2D eigenvalue weighted by Gasteiger charge is 2.33. The van der Waals surface area contributed by atoms with Crippen molar-refractivity contribution >= 4 is 35.2 Å². The van der Waals surface area contributed by atoms with Crippen molar-refractivity contribution < 1.29 is 55.8 Å². The number of nitrogens with zero attached hydrogens (tertiary/aromatic N) is 2. The van der Waals surface area contributed by atoms with Crippen molar-refractivity contribution in [3.8, 4) is 17.1 Å². The van der Waals surface area contributed by atoms with E-state index in [0.29, 0.717) is 10.6 Å². The molecule has 43 heavy (non-hydrogen) atoms. The molecule has 16 heteroatoms. The van der Waals surface area contributed by atoms with Crippen LogP contribution in [0.5, 0.6) is 5.75 Å². The number of aliphatic carboxylic acids is 1. The molecule has 0 aliphatic carbocycles. The van der Waals surface area contributed by atoms with Crippen molar-refractivity contribution in [3.05, 3.63) is 70.4 Å². The Morgan fingerprint density at radius 3 is 2.49 bits per heavy atom. The summed E-state index contributed by atoms with van der Waals surface area (Å²) in [6, 6.07) is 6.27. The zero-order valence-electron chi connectivity index (χ0n) is 22.0. The van der Waals surface area contributed by atoms with Crippen molar-refractivity contribution in [1.82, 2.24) is 15.4 Å². The molecule has 0 spiro atoms. The molecular weight excluding hydrogens is 606 g/mol. The highest BCUT2D eigenvalue weighted by molar-refractivity contribution is 6.33. The molecule has 1 fully saturated rings. The van der Waals surface area contributed by atoms with E-state index in [0.717, 1.165) is 0 Å². The second-order valence-corrected chi connectivity index (χ2v) is 9.70. The number of ketones is 1. The molecule has 2 N–H and O–H groups in total. The fraction of sp³-hybridized carbons (Fsp3) is 0.296. The molecule has 2 atom stereocenters. The lowest BCUT2D eigenvalue weighted by Crippen LogP contribution is -2.49. The minimum Gasteiger partial charge on any atom is -0.481 e. The Morgan fingerprint density at radius 2 is 1.81 bits per heavy atom. The average Bonchev–Trinajstić information content (AvgIpc) is 3.32. The van der Waals surface area contributed by atoms with Crippen molar-refractivity contribution in [2.45, 2.75) is 12.5 Å². The van der Waals surface area contributed by atoms with Gasteiger partial charge < -0.3 is 29.3 Å². The van der Waals surface area contributed by atoms with Gasteiger partial charge in [-0.1, -0.05) is 28.9 Å². The van der Waals surface area contributed by atoms with E-state index in [1.54, 1.807) is 24.3 Å². The first-order chi connectivity index (χ1) is 20.5. The molecule has 4 rings (SSSR count). The van der Waals surface area contributed by atoms with Crippen LogP contribution in [0, 0.1) is 29.2 Å². The third kappa shape index (κ3) is 7.48. The number of carboxylic acid groups (broad SMARTS) is 1. The maximum Gasteiger partial charge on any atom is 0.305 e. The average molecular weight is 628 g/mol. The standard InChI is InChI=1S/C27H22ClF4N3O8/c28-15-4-2-1-3-14(15)21-8-19(34-43-21)27(40)35-5-6-41-11-13(10-35)26(39)33-18(9-22(37)38)20(36)12-42-25-23(31)16(29)7-17(30)24(25)32/h1-4,7-8,13,18H,5-6,9-12H2,(H,33,39)(H,37,38)/t13-,18+/m1/s1. The zero-order chi connectivity index (χ0) is 31.3. The maximum absolute atomic E-state index is 13.9. The van der Waals surface area contributed by atoms with Crippen molar-refractivity contribution in [1.29, 1.82) is 0 Å². The van der Waals surface area contributed by atoms with Gasteiger partial charge in [-0.2, -0.15) is 8.78 Å². The maximum atomic E-state index is 13.9. The lowest BCUT2D eigenvalue weighted by atomic mass is 10.1. The lowest BCUT2D eigenvalue weighted by Gasteiger charge is -2.24. The number of benzene rings is 2. The topological polar surface area (TPSA) is 148 Å². The van der Waals surface area contributed by atoms with Crippen LogP contribution in [0.1, 0.15) is 16.9 Å². The van der Waals surface area contributed by atoms with E-state index in [1.807, 2.05) is 0 Å². The number of rotatable bonds is 10. The van der Waals surface area contributed by atoms with Gasteiger partial charge in [0.1, 0.15) is 12.6 Å². The van der Waals surface area contributed by atoms with Gasteiger partial charge in [-0.05, 0) is 12.1 Å². The quantitative estimate of drug-likeness (QED) is 0.255. The molecule has 0 saturated carbocycles. The molecule has 1 saturated heterocycles. The first-order valence-electron chi connectivity index (χ1n) is 12.6. The minimum absolute atomic E-state index is 0.0391. The van der Waals surface area contributed by atoms with Gasteiger partial charge in [0.05, 0.1) is 30.6 Å². The van der Waals surface area contributed by atoms with Gasteiger partial charge in [-0.15, -0.1) is 0 Å². The molecule has 1 aromatic heterocycles. The van der Waals surface area contributed by atoms with Gasteiger partial charge in [-0.3, -0.25) is 19.2 Å². The number of hydrogen-bond donors (Lipinski definition) is 2. The third-order valence-corrected chi connectivity index (χ3v) is 6.64. The Hall–Kier alpha value is -4.50. The second-order valence-electron chi connectivity index (χ2n) is 9.29. The molecule has 2 heterocycles. The van der Waals surface area contributed by atoms with E-state index in [1.165, 1.54) is 11.0 Å². The molecule has 3 aromatic rings. The van der Waals surface area contributed by atoms with Crippen LogP contribution < -0.4 is 10.1 Å². The molecule has 2 aromatic carbocycles. The fourth-order valence-electron chi connectivity index (χ4n) is 4.11. The number of halogens is 5. The van der Waals surface area contributed by atoms with Crippen molar-refractivity contribution in [2.75, 3.05) is 32.9 Å². The van der Waals surface area contributed by atoms with Crippen LogP contribution in [-0.4, -0.2) is 77.7 Å². The van der Waals surface area contributed by atoms with Crippen LogP contribution in [0.25, 0.3) is 11.3 Å². The molecule has 0 bridgehead atoms. The Morgan fingerprint density at radius 1 is 1.12 bits per heavy atom. The lowest BCUT2D eigenvalue weighted by molar-refractivity contribution is -0.141. The van der Waals surface area contributed by atoms with Crippen molar-refractivity contribution in [2.24, 2.45) is 5.92 Å². The number of carbonyl (C=O) groups excluding carboxylic acids is 3. The van der Waals surface area contributed by atoms with E-state index in [-0.39, 0.29) is 43.8 Å². The summed E-state index contributed by atoms with van der Waals surface area (Å²) in [6.07, 6.45) is -0.962. The summed E-state index contributed by atoms with van der Waals surface area (Å²) in [7, 11) is 0. The Bertz CT molecular complexity index is 1530. The number of Topliss-reactive ketones (excluding diaryl/α,β-unsaturated/α-hetero) is 1. The van der Waals surface area contributed by atoms with Crippen LogP contribution in [-0.2, 0) is 19.1 Å². The highest BCUT2D eigenvalue weighted by atomic mass is 35.5. The van der Waals surface area contributed by atoms with E-state index in [9.17, 15) is 41.8 Å². The SMILES string of the molecule is O=C(O)C[C@H](NC(=O)[C@H]1COCCN(C(=O)c2cc(-c3ccccc3Cl)on2)C1)C(=O)COc1c(F)c(F)cc(F)c1F. The number of hydrogen-bond acceptors (Lipinski definition) is 8. The Labute approximate surface area is 245 Å². The summed E-state index contributed by atoms with van der Waals surface area (Å²) in [6.45, 7) is -1.56. The smallest absolute Gasteiger partial charge is 0.305 e. The van der Waals surface area contributed by atoms with E-state index in [2.05, 4.69) is 15.2 Å². The van der Waals surface area contributed by atoms with Gasteiger partial charge in [0.25, 0.3) is 5.91 Å². The van der Waals surface area contributed by atoms with Gasteiger partial charge in [0, 0.05) is 30.8 Å². The first-order valence-corrected chi connectivity index (χ1v) is 12.9. The largest absolute Gasteiger partial charge is 0.481 e. The summed E-state index contributed by atoms with van der Waals surface area (Å²) in [4.78, 5) is 51.5. The third-order valence-electron chi connectivity index (χ3n) is 6.31. The summed E-state index contributed by atoms with van der Waals surface area (Å²) >= 11 is 6.17. The summed E-state index contributed by atoms with van der Waals surface area (Å²) in [5.41, 5.74) is 0.415. The van der Waals surface area contributed by atoms with Crippen LogP contribution in [0.4, 0.5) is 17.6 Å². The predicted molar refractivity (Wildman–Crippen MR) is 138 cm³/mol. The highest BCUT2D eigenvalue weighted by Crippen LogP contribution is 2.29. The Kier molecular flexibility index (Phi) is 9.98. The van der Waals surface area contributed by atoms with Crippen LogP contribution in [0.15, 0.2) is 40.9 Å². The number of nitrogens with one attached hydrogen (secondary N) is 1. The molecule has 0 unspecified atom stereocenters. The zero-order valence-corrected chi connectivity index (χ0v) is 22.7. The van der Waals surface area contributed by atoms with Gasteiger partial charge in [0.2, 0.25) is 17.5 Å². The van der Waals surface area contributed by atoms with Gasteiger partial charge >= 0.3 is 5.97 Å². The fourth-order valence-corrected chi connectivity index (χ4v) is 4.34. The summed E-state index contributed by atoms with van der Waals surface area (Å²) < 4.78 is 69.9. The molecule has 0 radical (unpaired) electrons. The second kappa shape index (κ2) is 13.6. The monoisotopic (exact) mass is 627 g/mol. The number of ether oxygens (including phenoxy) is 2. The van der Waals surface area contributed by atoms with Crippen LogP contribution in [0.2, 0.25) is 5.02 Å². The van der Waals surface area contributed by atoms with E-state index in [4.69, 9.17) is 20.9 Å². The van der Waals surface area contributed by atoms with Gasteiger partial charge in [-0.25, -0.2) is 8.78 Å². The molecule has 2 amide bonds. The molecule has 1 aliphatic rings. The van der Waals surface area contributed by atoms with E-state index >= 15 is 0 Å². The van der Waals surface area contributed by atoms with Crippen LogP contribution >= 0.6 is 11.6 Å². The van der Waals surface area contributed by atoms with Gasteiger partial charge in [0.15, 0.2) is 34.6 Å². The molecular formula is C27H22ClF4N3O8. The number of amides is 2. The molecule has 11 nitrogen and oxygen atoms in total. The number of aromatic nitrogens is 1. The normalized spacial score (nSPS) is 15.8. The van der Waals surface area contributed by atoms with Crippen LogP contribution in [0.3, 0.4) is 0 Å². The first kappa shape index (κ1) is 31.4.